The number of hydrogen-bond donors (Lipinski definition) is 2. The van der Waals surface area contributed by atoms with Crippen LogP contribution in [0.15, 0.2) is 28.8 Å². The van der Waals surface area contributed by atoms with E-state index in [0.29, 0.717) is 27.4 Å². The second-order valence-corrected chi connectivity index (χ2v) is 15.4. The van der Waals surface area contributed by atoms with Gasteiger partial charge in [0.25, 0.3) is 0 Å². The first-order valence-electron chi connectivity index (χ1n) is 20.6. The third-order valence-corrected chi connectivity index (χ3v) is 10.1. The number of rotatable bonds is 27. The van der Waals surface area contributed by atoms with Crippen molar-refractivity contribution in [2.24, 2.45) is 0 Å². The molecule has 67 heavy (non-hydrogen) atoms. The van der Waals surface area contributed by atoms with E-state index >= 15 is 0 Å². The van der Waals surface area contributed by atoms with Gasteiger partial charge in [-0.1, -0.05) is 0 Å². The van der Waals surface area contributed by atoms with Gasteiger partial charge in [-0.2, -0.15) is 0 Å². The van der Waals surface area contributed by atoms with Crippen molar-refractivity contribution in [1.82, 2.24) is 47.0 Å². The maximum Gasteiger partial charge on any atom is 0.336 e. The lowest BCUT2D eigenvalue weighted by Crippen LogP contribution is -2.55. The molecule has 2 N–H and O–H groups in total. The first-order chi connectivity index (χ1) is 31.8. The molecule has 30 nitrogen and oxygen atoms in total. The highest BCUT2D eigenvalue weighted by Crippen LogP contribution is 2.34. The molecule has 0 saturated carbocycles. The Morgan fingerprint density at radius 2 is 0.836 bits per heavy atom. The minimum Gasteiger partial charge on any atom is -0.469 e. The minimum absolute atomic E-state index is 0.169. The van der Waals surface area contributed by atoms with Crippen LogP contribution in [0.2, 0.25) is 0 Å². The van der Waals surface area contributed by atoms with E-state index < -0.39 is 174 Å². The first kappa shape index (κ1) is 53.1. The van der Waals surface area contributed by atoms with Gasteiger partial charge in [0.05, 0.1) is 64.8 Å². The van der Waals surface area contributed by atoms with Crippen molar-refractivity contribution >= 4 is 30.0 Å². The van der Waals surface area contributed by atoms with E-state index in [1.165, 1.54) is 54.8 Å². The normalized spacial score (nSPS) is 16.0. The standard InChI is InChI=1S/C37H56N10O20/c1-37(2,60)19-67-26(51)9-12-40-30(53)38(10-7-24(49)64-6)29(52)39(31(40)54)11-8-25(50)66-18-15-43-33(56)41(13-16-48)32(55)42(34(43)57)14-17-65-23-47-28-27(45(21-62-4)36(47)59)44(20-61-3)35(58)46(28)22-63-5/h27-28,48,60H,7-23H2,1-6H3. The Balaban J connectivity index is 1.47. The highest BCUT2D eigenvalue weighted by molar-refractivity contribution is 5.85. The molecule has 2 aliphatic rings. The molecule has 0 spiro atoms. The molecule has 2 aromatic heterocycles. The van der Waals surface area contributed by atoms with Crippen LogP contribution in [-0.2, 0) is 86.8 Å². The monoisotopic (exact) mass is 960 g/mol. The summed E-state index contributed by atoms with van der Waals surface area (Å²) < 4.78 is 39.3. The lowest BCUT2D eigenvalue weighted by Gasteiger charge is -2.28. The van der Waals surface area contributed by atoms with Crippen molar-refractivity contribution in [2.75, 3.05) is 81.8 Å². The molecule has 4 rings (SSSR count). The summed E-state index contributed by atoms with van der Waals surface area (Å²) in [6.07, 6.45) is -3.47. The van der Waals surface area contributed by atoms with Gasteiger partial charge in [-0.3, -0.25) is 34.0 Å². The van der Waals surface area contributed by atoms with Crippen molar-refractivity contribution in [2.45, 2.75) is 90.3 Å². The number of methoxy groups -OCH3 is 4. The Bertz CT molecular complexity index is 2480. The van der Waals surface area contributed by atoms with Crippen LogP contribution in [0.4, 0.5) is 9.59 Å². The fourth-order valence-electron chi connectivity index (χ4n) is 7.00. The van der Waals surface area contributed by atoms with E-state index in [9.17, 15) is 63.0 Å². The molecule has 2 aliphatic heterocycles. The Labute approximate surface area is 379 Å². The number of esters is 3. The zero-order valence-electron chi connectivity index (χ0n) is 37.9. The molecular weight excluding hydrogens is 904 g/mol. The van der Waals surface area contributed by atoms with Crippen LogP contribution in [0.25, 0.3) is 0 Å². The second-order valence-electron chi connectivity index (χ2n) is 15.4. The number of amides is 4. The van der Waals surface area contributed by atoms with Crippen molar-refractivity contribution in [3.05, 3.63) is 62.9 Å². The number of nitrogens with zero attached hydrogens (tertiary/aromatic N) is 10. The van der Waals surface area contributed by atoms with Gasteiger partial charge in [-0.05, 0) is 13.8 Å². The van der Waals surface area contributed by atoms with E-state index in [0.717, 1.165) is 7.11 Å². The highest BCUT2D eigenvalue weighted by Gasteiger charge is 2.59. The number of fused-ring (bicyclic) bond motifs is 1. The summed E-state index contributed by atoms with van der Waals surface area (Å²) in [5.41, 5.74) is -8.37. The summed E-state index contributed by atoms with van der Waals surface area (Å²) in [6.45, 7) is -3.81. The van der Waals surface area contributed by atoms with Crippen LogP contribution < -0.4 is 34.1 Å². The van der Waals surface area contributed by atoms with E-state index in [1.807, 2.05) is 0 Å². The zero-order valence-corrected chi connectivity index (χ0v) is 37.9. The predicted molar refractivity (Wildman–Crippen MR) is 222 cm³/mol. The number of hydrogen-bond acceptors (Lipinski definition) is 20. The number of carbonyl (C=O) groups is 5. The van der Waals surface area contributed by atoms with Gasteiger partial charge in [0.1, 0.15) is 40.1 Å². The topological polar surface area (TPSA) is 335 Å². The van der Waals surface area contributed by atoms with Crippen molar-refractivity contribution in [1.29, 1.82) is 0 Å². The Hall–Kier alpha value is -6.47. The van der Waals surface area contributed by atoms with Crippen LogP contribution in [0.1, 0.15) is 33.1 Å². The largest absolute Gasteiger partial charge is 0.469 e. The third-order valence-electron chi connectivity index (χ3n) is 10.1. The van der Waals surface area contributed by atoms with E-state index in [1.54, 1.807) is 0 Å². The first-order valence-corrected chi connectivity index (χ1v) is 20.6. The van der Waals surface area contributed by atoms with E-state index in [-0.39, 0.29) is 20.2 Å². The molecule has 30 heteroatoms. The molecule has 0 bridgehead atoms. The van der Waals surface area contributed by atoms with Crippen molar-refractivity contribution < 1.29 is 67.3 Å². The molecule has 2 aromatic rings. The maximum atomic E-state index is 13.5. The van der Waals surface area contributed by atoms with Crippen LogP contribution >= 0.6 is 0 Å². The van der Waals surface area contributed by atoms with Crippen LogP contribution in [-0.4, -0.2) is 187 Å². The quantitative estimate of drug-likeness (QED) is 0.0479. The van der Waals surface area contributed by atoms with Crippen LogP contribution in [0.5, 0.6) is 0 Å². The van der Waals surface area contributed by atoms with Gasteiger partial charge in [-0.25, -0.2) is 65.8 Å². The fraction of sp³-hybridized carbons (Fsp3) is 0.703. The number of carbonyl (C=O) groups excluding carboxylic acids is 5. The molecule has 2 unspecified atom stereocenters. The van der Waals surface area contributed by atoms with Gasteiger partial charge in [-0.15, -0.1) is 0 Å². The minimum atomic E-state index is -1.37. The molecular formula is C37H56N10O20. The van der Waals surface area contributed by atoms with Crippen LogP contribution in [0.3, 0.4) is 0 Å². The van der Waals surface area contributed by atoms with Gasteiger partial charge in [0.15, 0.2) is 12.3 Å². The predicted octanol–water partition coefficient (Wildman–Crippen LogP) is -5.54. The van der Waals surface area contributed by atoms with Gasteiger partial charge < -0.3 is 43.4 Å². The molecule has 0 aromatic carbocycles. The number of aromatic nitrogens is 6. The number of urea groups is 2. The summed E-state index contributed by atoms with van der Waals surface area (Å²) in [5, 5.41) is 19.4. The molecule has 2 saturated heterocycles. The van der Waals surface area contributed by atoms with Crippen molar-refractivity contribution in [3.63, 3.8) is 0 Å². The summed E-state index contributed by atoms with van der Waals surface area (Å²) >= 11 is 0. The number of aliphatic hydroxyl groups excluding tert-OH is 1. The van der Waals surface area contributed by atoms with Gasteiger partial charge in [0, 0.05) is 41.0 Å². The van der Waals surface area contributed by atoms with Crippen molar-refractivity contribution in [3.8, 4) is 0 Å². The van der Waals surface area contributed by atoms with Crippen LogP contribution in [0, 0.1) is 0 Å². The maximum absolute atomic E-state index is 13.5. The second kappa shape index (κ2) is 23.8. The molecule has 374 valence electrons. The Morgan fingerprint density at radius 1 is 0.493 bits per heavy atom. The van der Waals surface area contributed by atoms with Gasteiger partial charge >= 0.3 is 64.1 Å². The van der Waals surface area contributed by atoms with E-state index in [2.05, 4.69) is 4.74 Å². The average Bonchev–Trinajstić information content (AvgIpc) is 3.69. The molecule has 2 atom stereocenters. The Kier molecular flexibility index (Phi) is 18.9. The summed E-state index contributed by atoms with van der Waals surface area (Å²) in [4.78, 5) is 149. The molecule has 4 amide bonds. The average molecular weight is 961 g/mol. The molecule has 0 radical (unpaired) electrons. The summed E-state index contributed by atoms with van der Waals surface area (Å²) in [6, 6.07) is -1.09. The number of ether oxygens (including phenoxy) is 7. The zero-order chi connectivity index (χ0) is 49.7. The Morgan fingerprint density at radius 3 is 1.21 bits per heavy atom. The third kappa shape index (κ3) is 12.5. The molecule has 0 aliphatic carbocycles. The highest BCUT2D eigenvalue weighted by atomic mass is 16.5. The fourth-order valence-corrected chi connectivity index (χ4v) is 7.00. The number of aliphatic hydroxyl groups is 2. The lowest BCUT2D eigenvalue weighted by atomic mass is 10.2. The summed E-state index contributed by atoms with van der Waals surface area (Å²) in [7, 11) is 5.17. The van der Waals surface area contributed by atoms with E-state index in [4.69, 9.17) is 28.4 Å². The summed E-state index contributed by atoms with van der Waals surface area (Å²) in [5.74, 6) is -2.73. The molecule has 4 heterocycles. The SMILES string of the molecule is COCN1C(=O)N(COC)C2C1N(COC)C(=O)N2COCCn1c(=O)n(CCO)c(=O)n(CCOC(=O)CCn2c(=O)n(CCC(=O)OC)c(=O)n(CCC(=O)OCC(C)(C)O)c2=O)c1=O. The lowest BCUT2D eigenvalue weighted by molar-refractivity contribution is -0.150. The van der Waals surface area contributed by atoms with Gasteiger partial charge in [0.2, 0.25) is 0 Å². The smallest absolute Gasteiger partial charge is 0.336 e. The molecule has 2 fully saturated rings.